The Hall–Kier alpha value is -1.79. The van der Waals surface area contributed by atoms with Crippen molar-refractivity contribution in [3.63, 3.8) is 0 Å². The van der Waals surface area contributed by atoms with Crippen LogP contribution >= 0.6 is 0 Å². The molecule has 22 heavy (non-hydrogen) atoms. The van der Waals surface area contributed by atoms with Crippen LogP contribution in [0.1, 0.15) is 27.7 Å². The van der Waals surface area contributed by atoms with Crippen molar-refractivity contribution in [2.75, 3.05) is 26.2 Å². The lowest BCUT2D eigenvalue weighted by atomic mass is 9.80. The molecule has 0 bridgehead atoms. The Balaban J connectivity index is 2.09. The van der Waals surface area contributed by atoms with Crippen LogP contribution < -0.4 is 5.32 Å². The van der Waals surface area contributed by atoms with Gasteiger partial charge >= 0.3 is 12.1 Å². The highest BCUT2D eigenvalue weighted by atomic mass is 16.6. The first-order valence-corrected chi connectivity index (χ1v) is 7.65. The number of fused-ring (bicyclic) bond motifs is 1. The van der Waals surface area contributed by atoms with E-state index in [2.05, 4.69) is 5.32 Å². The Bertz CT molecular complexity index is 471. The smallest absolute Gasteiger partial charge is 0.410 e. The van der Waals surface area contributed by atoms with E-state index in [-0.39, 0.29) is 36.8 Å². The molecule has 0 aromatic carbocycles. The Morgan fingerprint density at radius 2 is 2.00 bits per heavy atom. The van der Waals surface area contributed by atoms with Gasteiger partial charge in [-0.25, -0.2) is 4.79 Å². The van der Waals surface area contributed by atoms with Gasteiger partial charge in [-0.15, -0.1) is 0 Å². The molecule has 2 rings (SSSR count). The predicted molar refractivity (Wildman–Crippen MR) is 77.9 cm³/mol. The molecule has 7 heteroatoms. The second-order valence-corrected chi connectivity index (χ2v) is 6.76. The Kier molecular flexibility index (Phi) is 4.63. The van der Waals surface area contributed by atoms with E-state index in [0.29, 0.717) is 13.2 Å². The number of nitrogens with one attached hydrogen (secondary N) is 1. The highest BCUT2D eigenvalue weighted by Crippen LogP contribution is 2.34. The largest absolute Gasteiger partial charge is 0.466 e. The summed E-state index contributed by atoms with van der Waals surface area (Å²) in [6.45, 7) is 8.32. The fraction of sp³-hybridized carbons (Fsp3) is 0.800. The van der Waals surface area contributed by atoms with Crippen molar-refractivity contribution in [3.8, 4) is 0 Å². The number of piperidine rings is 1. The van der Waals surface area contributed by atoms with Gasteiger partial charge in [0.2, 0.25) is 5.91 Å². The molecule has 2 heterocycles. The van der Waals surface area contributed by atoms with Crippen LogP contribution in [0.5, 0.6) is 0 Å². The van der Waals surface area contributed by atoms with E-state index in [1.54, 1.807) is 27.7 Å². The average molecular weight is 312 g/mol. The summed E-state index contributed by atoms with van der Waals surface area (Å²) in [7, 11) is 0. The fourth-order valence-corrected chi connectivity index (χ4v) is 2.99. The molecule has 2 aliphatic rings. The maximum atomic E-state index is 12.2. The lowest BCUT2D eigenvalue weighted by Gasteiger charge is -2.30. The molecule has 0 aliphatic carbocycles. The van der Waals surface area contributed by atoms with Crippen molar-refractivity contribution >= 4 is 18.0 Å². The number of hydrogen-bond acceptors (Lipinski definition) is 5. The minimum Gasteiger partial charge on any atom is -0.466 e. The van der Waals surface area contributed by atoms with Crippen molar-refractivity contribution < 1.29 is 23.9 Å². The van der Waals surface area contributed by atoms with Crippen LogP contribution in [-0.4, -0.2) is 54.7 Å². The van der Waals surface area contributed by atoms with E-state index in [0.717, 1.165) is 0 Å². The summed E-state index contributed by atoms with van der Waals surface area (Å²) in [4.78, 5) is 37.7. The van der Waals surface area contributed by atoms with Crippen molar-refractivity contribution in [1.82, 2.24) is 10.2 Å². The zero-order valence-corrected chi connectivity index (χ0v) is 13.5. The van der Waals surface area contributed by atoms with Gasteiger partial charge in [-0.05, 0) is 27.7 Å². The molecule has 2 amide bonds. The minimum absolute atomic E-state index is 0.114. The van der Waals surface area contributed by atoms with Gasteiger partial charge in [0.05, 0.1) is 18.4 Å². The van der Waals surface area contributed by atoms with E-state index >= 15 is 0 Å². The maximum absolute atomic E-state index is 12.2. The van der Waals surface area contributed by atoms with Crippen LogP contribution in [0.2, 0.25) is 0 Å². The number of carbonyl (C=O) groups excluding carboxylic acids is 3. The van der Waals surface area contributed by atoms with Crippen molar-refractivity contribution in [1.29, 1.82) is 0 Å². The SMILES string of the molecule is CCOC(=O)C1CNC(=O)C2CN(C(=O)OC(C)(C)C)CC21. The van der Waals surface area contributed by atoms with E-state index in [9.17, 15) is 14.4 Å². The molecule has 2 aliphatic heterocycles. The standard InChI is InChI=1S/C15H24N2O5/c1-5-21-13(19)9-6-16-12(18)11-8-17(7-10(9)11)14(20)22-15(2,3)4/h9-11H,5-8H2,1-4H3,(H,16,18). The highest BCUT2D eigenvalue weighted by Gasteiger charge is 2.49. The van der Waals surface area contributed by atoms with E-state index < -0.39 is 17.6 Å². The van der Waals surface area contributed by atoms with Gasteiger partial charge in [-0.2, -0.15) is 0 Å². The molecule has 2 fully saturated rings. The summed E-state index contributed by atoms with van der Waals surface area (Å²) in [6, 6.07) is 0. The molecule has 0 spiro atoms. The third-order valence-corrected chi connectivity index (χ3v) is 3.96. The molecule has 0 aromatic heterocycles. The van der Waals surface area contributed by atoms with Gasteiger partial charge in [0.15, 0.2) is 0 Å². The molecule has 2 saturated heterocycles. The second kappa shape index (κ2) is 6.14. The summed E-state index contributed by atoms with van der Waals surface area (Å²) in [5.41, 5.74) is -0.590. The first-order valence-electron chi connectivity index (χ1n) is 7.65. The summed E-state index contributed by atoms with van der Waals surface area (Å²) >= 11 is 0. The monoisotopic (exact) mass is 312 g/mol. The van der Waals surface area contributed by atoms with Gasteiger partial charge in [0.1, 0.15) is 5.60 Å². The summed E-state index contributed by atoms with van der Waals surface area (Å²) in [6.07, 6.45) is -0.447. The number of carbonyl (C=O) groups is 3. The third-order valence-electron chi connectivity index (χ3n) is 3.96. The van der Waals surface area contributed by atoms with Gasteiger partial charge in [-0.3, -0.25) is 9.59 Å². The molecular weight excluding hydrogens is 288 g/mol. The lowest BCUT2D eigenvalue weighted by molar-refractivity contribution is -0.152. The zero-order chi connectivity index (χ0) is 16.5. The molecule has 0 aromatic rings. The van der Waals surface area contributed by atoms with Crippen LogP contribution in [0.4, 0.5) is 4.79 Å². The number of rotatable bonds is 2. The van der Waals surface area contributed by atoms with Crippen LogP contribution in [-0.2, 0) is 19.1 Å². The van der Waals surface area contributed by atoms with Gasteiger partial charge in [-0.1, -0.05) is 0 Å². The van der Waals surface area contributed by atoms with E-state index in [1.807, 2.05) is 0 Å². The molecule has 7 nitrogen and oxygen atoms in total. The summed E-state index contributed by atoms with van der Waals surface area (Å²) in [5.74, 6) is -1.42. The first-order chi connectivity index (χ1) is 10.2. The first kappa shape index (κ1) is 16.6. The van der Waals surface area contributed by atoms with Gasteiger partial charge < -0.3 is 19.7 Å². The number of hydrogen-bond donors (Lipinski definition) is 1. The zero-order valence-electron chi connectivity index (χ0n) is 13.5. The van der Waals surface area contributed by atoms with Crippen LogP contribution in [0, 0.1) is 17.8 Å². The Morgan fingerprint density at radius 3 is 2.59 bits per heavy atom. The molecule has 3 unspecified atom stereocenters. The summed E-state index contributed by atoms with van der Waals surface area (Å²) < 4.78 is 10.4. The lowest BCUT2D eigenvalue weighted by Crippen LogP contribution is -2.50. The number of amides is 2. The molecule has 124 valence electrons. The number of nitrogens with zero attached hydrogens (tertiary/aromatic N) is 1. The van der Waals surface area contributed by atoms with Gasteiger partial charge in [0.25, 0.3) is 0 Å². The molecule has 1 N–H and O–H groups in total. The van der Waals surface area contributed by atoms with Crippen molar-refractivity contribution in [2.45, 2.75) is 33.3 Å². The van der Waals surface area contributed by atoms with Crippen molar-refractivity contribution in [3.05, 3.63) is 0 Å². The maximum Gasteiger partial charge on any atom is 0.410 e. The Morgan fingerprint density at radius 1 is 1.32 bits per heavy atom. The summed E-state index contributed by atoms with van der Waals surface area (Å²) in [5, 5.41) is 2.73. The molecule has 0 radical (unpaired) electrons. The van der Waals surface area contributed by atoms with Crippen LogP contribution in [0.25, 0.3) is 0 Å². The average Bonchev–Trinajstić information content (AvgIpc) is 2.83. The number of likely N-dealkylation sites (tertiary alicyclic amines) is 1. The van der Waals surface area contributed by atoms with Crippen molar-refractivity contribution in [2.24, 2.45) is 17.8 Å². The Labute approximate surface area is 130 Å². The molecule has 0 saturated carbocycles. The normalized spacial score (nSPS) is 27.9. The fourth-order valence-electron chi connectivity index (χ4n) is 2.99. The molecule has 3 atom stereocenters. The predicted octanol–water partition coefficient (Wildman–Crippen LogP) is 0.779. The molecular formula is C15H24N2O5. The highest BCUT2D eigenvalue weighted by molar-refractivity contribution is 5.85. The van der Waals surface area contributed by atoms with Crippen LogP contribution in [0.15, 0.2) is 0 Å². The number of ether oxygens (including phenoxy) is 2. The minimum atomic E-state index is -0.590. The number of esters is 1. The second-order valence-electron chi connectivity index (χ2n) is 6.76. The quantitative estimate of drug-likeness (QED) is 0.762. The topological polar surface area (TPSA) is 84.9 Å². The third kappa shape index (κ3) is 3.51. The van der Waals surface area contributed by atoms with Crippen LogP contribution in [0.3, 0.4) is 0 Å². The van der Waals surface area contributed by atoms with E-state index in [4.69, 9.17) is 9.47 Å². The van der Waals surface area contributed by atoms with E-state index in [1.165, 1.54) is 4.90 Å². The van der Waals surface area contributed by atoms with Gasteiger partial charge in [0, 0.05) is 25.6 Å².